The van der Waals surface area contributed by atoms with Crippen molar-refractivity contribution in [3.63, 3.8) is 0 Å². The Morgan fingerprint density at radius 3 is 2.12 bits per heavy atom. The summed E-state index contributed by atoms with van der Waals surface area (Å²) in [7, 11) is -3.60. The Balaban J connectivity index is 1.91. The number of sulfonamides is 1. The van der Waals surface area contributed by atoms with Crippen molar-refractivity contribution in [2.24, 2.45) is 5.92 Å². The van der Waals surface area contributed by atoms with Crippen LogP contribution in [0.25, 0.3) is 0 Å². The van der Waals surface area contributed by atoms with Crippen LogP contribution in [-0.4, -0.2) is 50.5 Å². The van der Waals surface area contributed by atoms with E-state index >= 15 is 0 Å². The number of anilines is 1. The topological polar surface area (TPSA) is 86.8 Å². The second-order valence-electron chi connectivity index (χ2n) is 11.4. The molecular formula is C33H41Cl2N3O4S. The number of rotatable bonds is 14. The van der Waals surface area contributed by atoms with Crippen LogP contribution in [0.5, 0.6) is 0 Å². The van der Waals surface area contributed by atoms with Crippen LogP contribution < -0.4 is 9.62 Å². The third kappa shape index (κ3) is 10.6. The fourth-order valence-electron chi connectivity index (χ4n) is 4.91. The monoisotopic (exact) mass is 645 g/mol. The Bertz CT molecular complexity index is 1490. The summed E-state index contributed by atoms with van der Waals surface area (Å²) in [5.41, 5.74) is 4.10. The van der Waals surface area contributed by atoms with Crippen LogP contribution in [0.2, 0.25) is 10.0 Å². The van der Waals surface area contributed by atoms with Gasteiger partial charge in [0.15, 0.2) is 0 Å². The maximum absolute atomic E-state index is 14.0. The number of halogens is 2. The summed E-state index contributed by atoms with van der Waals surface area (Å²) in [4.78, 5) is 29.2. The molecule has 0 saturated carbocycles. The van der Waals surface area contributed by atoms with Crippen LogP contribution in [0.3, 0.4) is 0 Å². The van der Waals surface area contributed by atoms with Gasteiger partial charge in [0.25, 0.3) is 0 Å². The van der Waals surface area contributed by atoms with E-state index in [0.717, 1.165) is 28.5 Å². The lowest BCUT2D eigenvalue weighted by Crippen LogP contribution is -2.51. The van der Waals surface area contributed by atoms with E-state index < -0.39 is 16.1 Å². The lowest BCUT2D eigenvalue weighted by molar-refractivity contribution is -0.141. The molecule has 10 heteroatoms. The first-order valence-corrected chi connectivity index (χ1v) is 17.0. The Labute approximate surface area is 266 Å². The molecule has 0 aliphatic carbocycles. The van der Waals surface area contributed by atoms with Gasteiger partial charge in [0.1, 0.15) is 6.04 Å². The highest BCUT2D eigenvalue weighted by Gasteiger charge is 2.31. The Morgan fingerprint density at radius 1 is 0.884 bits per heavy atom. The molecule has 0 aliphatic heterocycles. The van der Waals surface area contributed by atoms with Gasteiger partial charge < -0.3 is 10.2 Å². The lowest BCUT2D eigenvalue weighted by Gasteiger charge is -2.32. The summed E-state index contributed by atoms with van der Waals surface area (Å²) in [5, 5.41) is 3.75. The zero-order valence-electron chi connectivity index (χ0n) is 25.4. The first-order chi connectivity index (χ1) is 20.2. The largest absolute Gasteiger partial charge is 0.354 e. The fraction of sp³-hybridized carbons (Fsp3) is 0.394. The molecule has 0 bridgehead atoms. The van der Waals surface area contributed by atoms with Gasteiger partial charge in [0.05, 0.1) is 22.0 Å². The van der Waals surface area contributed by atoms with Crippen molar-refractivity contribution in [2.75, 3.05) is 23.7 Å². The molecule has 232 valence electrons. The molecule has 0 unspecified atom stereocenters. The quantitative estimate of drug-likeness (QED) is 0.215. The van der Waals surface area contributed by atoms with Gasteiger partial charge >= 0.3 is 0 Å². The van der Waals surface area contributed by atoms with E-state index in [-0.39, 0.29) is 43.7 Å². The number of hydrogen-bond acceptors (Lipinski definition) is 4. The molecular weight excluding hydrogens is 605 g/mol. The standard InChI is InChI=1S/C33H41Cl2N3O4S/c1-23(2)21-36-33(40)31(20-26-10-7-6-8-11-26)37(22-27-13-14-29(34)30(35)19-27)32(39)12-9-15-38(43(5,41)42)28-17-24(3)16-25(4)18-28/h6-8,10-11,13-14,16-19,23,31H,9,12,15,20-22H2,1-5H3,(H,36,40)/t31-/m1/s1. The molecule has 1 N–H and O–H groups in total. The summed E-state index contributed by atoms with van der Waals surface area (Å²) in [6.45, 7) is 8.57. The molecule has 3 aromatic rings. The second kappa shape index (κ2) is 15.6. The Kier molecular flexibility index (Phi) is 12.5. The van der Waals surface area contributed by atoms with E-state index in [1.165, 1.54) is 4.31 Å². The number of benzene rings is 3. The van der Waals surface area contributed by atoms with Crippen molar-refractivity contribution in [1.29, 1.82) is 0 Å². The summed E-state index contributed by atoms with van der Waals surface area (Å²) in [6, 6.07) is 19.5. The van der Waals surface area contributed by atoms with Gasteiger partial charge in [-0.05, 0) is 72.7 Å². The van der Waals surface area contributed by atoms with Crippen molar-refractivity contribution in [2.45, 2.75) is 59.5 Å². The maximum Gasteiger partial charge on any atom is 0.243 e. The minimum Gasteiger partial charge on any atom is -0.354 e. The predicted molar refractivity (Wildman–Crippen MR) is 176 cm³/mol. The molecule has 0 aromatic heterocycles. The number of carbonyl (C=O) groups excluding carboxylic acids is 2. The molecule has 7 nitrogen and oxygen atoms in total. The first-order valence-electron chi connectivity index (χ1n) is 14.4. The van der Waals surface area contributed by atoms with Gasteiger partial charge in [-0.25, -0.2) is 8.42 Å². The highest BCUT2D eigenvalue weighted by molar-refractivity contribution is 7.92. The van der Waals surface area contributed by atoms with E-state index in [1.54, 1.807) is 23.1 Å². The van der Waals surface area contributed by atoms with E-state index in [4.69, 9.17) is 23.2 Å². The number of carbonyl (C=O) groups is 2. The van der Waals surface area contributed by atoms with Crippen LogP contribution >= 0.6 is 23.2 Å². The van der Waals surface area contributed by atoms with Crippen molar-refractivity contribution >= 4 is 50.7 Å². The first kappa shape index (κ1) is 34.4. The van der Waals surface area contributed by atoms with Crippen molar-refractivity contribution in [1.82, 2.24) is 10.2 Å². The third-order valence-corrected chi connectivity index (χ3v) is 8.87. The second-order valence-corrected chi connectivity index (χ2v) is 14.1. The van der Waals surface area contributed by atoms with Gasteiger partial charge in [-0.15, -0.1) is 0 Å². The van der Waals surface area contributed by atoms with E-state index in [2.05, 4.69) is 5.32 Å². The van der Waals surface area contributed by atoms with Gasteiger partial charge in [-0.3, -0.25) is 13.9 Å². The van der Waals surface area contributed by atoms with Gasteiger partial charge in [-0.1, -0.05) is 79.5 Å². The molecule has 3 aromatic carbocycles. The highest BCUT2D eigenvalue weighted by Crippen LogP contribution is 2.26. The molecule has 0 heterocycles. The minimum atomic E-state index is -3.60. The van der Waals surface area contributed by atoms with E-state index in [1.807, 2.05) is 76.2 Å². The van der Waals surface area contributed by atoms with Crippen molar-refractivity contribution in [3.05, 3.63) is 99.0 Å². The zero-order chi connectivity index (χ0) is 31.7. The summed E-state index contributed by atoms with van der Waals surface area (Å²) in [6.07, 6.45) is 1.79. The number of nitrogens with one attached hydrogen (secondary N) is 1. The summed E-state index contributed by atoms with van der Waals surface area (Å²) >= 11 is 12.4. The predicted octanol–water partition coefficient (Wildman–Crippen LogP) is 6.57. The van der Waals surface area contributed by atoms with Crippen LogP contribution in [0.1, 0.15) is 48.9 Å². The normalized spacial score (nSPS) is 12.2. The average Bonchev–Trinajstić information content (AvgIpc) is 2.92. The third-order valence-electron chi connectivity index (χ3n) is 6.94. The molecule has 0 spiro atoms. The van der Waals surface area contributed by atoms with Crippen LogP contribution in [0.4, 0.5) is 5.69 Å². The average molecular weight is 647 g/mol. The molecule has 0 radical (unpaired) electrons. The Morgan fingerprint density at radius 2 is 1.53 bits per heavy atom. The number of amides is 2. The number of aryl methyl sites for hydroxylation is 2. The molecule has 0 fully saturated rings. The maximum atomic E-state index is 14.0. The van der Waals surface area contributed by atoms with E-state index in [9.17, 15) is 18.0 Å². The van der Waals surface area contributed by atoms with E-state index in [0.29, 0.717) is 28.7 Å². The van der Waals surface area contributed by atoms with Gasteiger partial charge in [0, 0.05) is 32.5 Å². The van der Waals surface area contributed by atoms with Crippen molar-refractivity contribution < 1.29 is 18.0 Å². The highest BCUT2D eigenvalue weighted by atomic mass is 35.5. The molecule has 2 amide bonds. The fourth-order valence-corrected chi connectivity index (χ4v) is 6.18. The lowest BCUT2D eigenvalue weighted by atomic mass is 10.0. The zero-order valence-corrected chi connectivity index (χ0v) is 27.8. The van der Waals surface area contributed by atoms with Gasteiger partial charge in [-0.2, -0.15) is 0 Å². The van der Waals surface area contributed by atoms with Crippen LogP contribution in [-0.2, 0) is 32.6 Å². The smallest absolute Gasteiger partial charge is 0.243 e. The molecule has 0 saturated heterocycles. The minimum absolute atomic E-state index is 0.0425. The van der Waals surface area contributed by atoms with Crippen molar-refractivity contribution in [3.8, 4) is 0 Å². The molecule has 3 rings (SSSR count). The molecule has 43 heavy (non-hydrogen) atoms. The SMILES string of the molecule is Cc1cc(C)cc(N(CCCC(=O)N(Cc2ccc(Cl)c(Cl)c2)[C@H](Cc2ccccc2)C(=O)NCC(C)C)S(C)(=O)=O)c1. The summed E-state index contributed by atoms with van der Waals surface area (Å²) < 4.78 is 26.8. The molecule has 1 atom stereocenters. The van der Waals surface area contributed by atoms with Crippen LogP contribution in [0, 0.1) is 19.8 Å². The van der Waals surface area contributed by atoms with Crippen LogP contribution in [0.15, 0.2) is 66.7 Å². The number of nitrogens with zero attached hydrogens (tertiary/aromatic N) is 2. The molecule has 0 aliphatic rings. The Hall–Kier alpha value is -3.07. The van der Waals surface area contributed by atoms with Gasteiger partial charge in [0.2, 0.25) is 21.8 Å². The summed E-state index contributed by atoms with van der Waals surface area (Å²) in [5.74, 6) is -0.285. The number of hydrogen-bond donors (Lipinski definition) is 1.